The van der Waals surface area contributed by atoms with Gasteiger partial charge in [-0.2, -0.15) is 5.10 Å². The number of aromatic nitrogens is 2. The first kappa shape index (κ1) is 16.2. The third-order valence-electron chi connectivity index (χ3n) is 4.07. The van der Waals surface area contributed by atoms with Crippen LogP contribution in [0.3, 0.4) is 0 Å². The number of amides is 1. The van der Waals surface area contributed by atoms with Gasteiger partial charge in [-0.15, -0.1) is 0 Å². The van der Waals surface area contributed by atoms with Gasteiger partial charge in [0.05, 0.1) is 12.8 Å². The number of nitrogens with zero attached hydrogens (tertiary/aromatic N) is 2. The molecular formula is C18H21N3O3. The molecule has 0 bridgehead atoms. The van der Waals surface area contributed by atoms with E-state index in [4.69, 9.17) is 4.74 Å². The van der Waals surface area contributed by atoms with Crippen LogP contribution >= 0.6 is 0 Å². The molecule has 1 saturated carbocycles. The second kappa shape index (κ2) is 7.29. The predicted molar refractivity (Wildman–Crippen MR) is 90.2 cm³/mol. The van der Waals surface area contributed by atoms with Crippen molar-refractivity contribution in [3.63, 3.8) is 0 Å². The van der Waals surface area contributed by atoms with Gasteiger partial charge in [-0.1, -0.05) is 12.1 Å². The molecule has 1 fully saturated rings. The fraction of sp³-hybridized carbons (Fsp3) is 0.389. The Balaban J connectivity index is 1.50. The van der Waals surface area contributed by atoms with E-state index in [0.717, 1.165) is 36.3 Å². The monoisotopic (exact) mass is 327 g/mol. The zero-order valence-electron chi connectivity index (χ0n) is 13.7. The maximum atomic E-state index is 12.0. The number of carbonyl (C=O) groups is 1. The molecule has 24 heavy (non-hydrogen) atoms. The summed E-state index contributed by atoms with van der Waals surface area (Å²) in [5.74, 6) is 1.06. The quantitative estimate of drug-likeness (QED) is 0.836. The minimum Gasteiger partial charge on any atom is -0.497 e. The lowest BCUT2D eigenvalue weighted by Gasteiger charge is -2.08. The molecule has 1 aromatic carbocycles. The van der Waals surface area contributed by atoms with E-state index < -0.39 is 0 Å². The molecule has 1 aliphatic rings. The number of carbonyl (C=O) groups excluding carboxylic acids is 1. The van der Waals surface area contributed by atoms with Crippen molar-refractivity contribution < 1.29 is 9.53 Å². The van der Waals surface area contributed by atoms with Gasteiger partial charge < -0.3 is 10.1 Å². The van der Waals surface area contributed by atoms with Crippen LogP contribution in [-0.4, -0.2) is 29.3 Å². The van der Waals surface area contributed by atoms with Gasteiger partial charge >= 0.3 is 0 Å². The molecule has 126 valence electrons. The molecule has 2 aromatic rings. The Hall–Kier alpha value is -2.63. The molecule has 0 unspecified atom stereocenters. The van der Waals surface area contributed by atoms with Crippen LogP contribution in [0.25, 0.3) is 0 Å². The van der Waals surface area contributed by atoms with Crippen LogP contribution < -0.4 is 15.6 Å². The Morgan fingerprint density at radius 3 is 2.67 bits per heavy atom. The van der Waals surface area contributed by atoms with E-state index in [-0.39, 0.29) is 18.0 Å². The van der Waals surface area contributed by atoms with Crippen LogP contribution in [0.2, 0.25) is 0 Å². The molecule has 1 amide bonds. The minimum atomic E-state index is -0.246. The minimum absolute atomic E-state index is 0.0397. The van der Waals surface area contributed by atoms with Gasteiger partial charge in [-0.25, -0.2) is 4.68 Å². The van der Waals surface area contributed by atoms with Gasteiger partial charge in [0, 0.05) is 18.5 Å². The Kier molecular flexibility index (Phi) is 4.93. The first-order valence-corrected chi connectivity index (χ1v) is 8.13. The molecule has 6 heteroatoms. The summed E-state index contributed by atoms with van der Waals surface area (Å²) in [7, 11) is 1.63. The smallest absolute Gasteiger partial charge is 0.267 e. The van der Waals surface area contributed by atoms with Crippen molar-refractivity contribution in [2.45, 2.75) is 31.7 Å². The van der Waals surface area contributed by atoms with E-state index in [1.54, 1.807) is 13.2 Å². The molecule has 0 atom stereocenters. The Labute approximate surface area is 140 Å². The second-order valence-electron chi connectivity index (χ2n) is 5.98. The van der Waals surface area contributed by atoms with Crippen molar-refractivity contribution in [2.75, 3.05) is 13.7 Å². The van der Waals surface area contributed by atoms with Gasteiger partial charge in [-0.3, -0.25) is 9.59 Å². The summed E-state index contributed by atoms with van der Waals surface area (Å²) in [5.41, 5.74) is 1.77. The first-order valence-electron chi connectivity index (χ1n) is 8.13. The lowest BCUT2D eigenvalue weighted by atomic mass is 10.1. The third kappa shape index (κ3) is 4.22. The highest BCUT2D eigenvalue weighted by atomic mass is 16.5. The average Bonchev–Trinajstić information content (AvgIpc) is 3.42. The second-order valence-corrected chi connectivity index (χ2v) is 5.98. The van der Waals surface area contributed by atoms with Crippen molar-refractivity contribution >= 4 is 5.91 Å². The van der Waals surface area contributed by atoms with Crippen LogP contribution in [0.4, 0.5) is 0 Å². The number of ether oxygens (including phenoxy) is 1. The number of benzene rings is 1. The molecule has 0 spiro atoms. The number of hydrogen-bond acceptors (Lipinski definition) is 4. The van der Waals surface area contributed by atoms with Crippen molar-refractivity contribution in [3.8, 4) is 5.75 Å². The highest BCUT2D eigenvalue weighted by Crippen LogP contribution is 2.38. The zero-order valence-corrected chi connectivity index (χ0v) is 13.7. The molecule has 0 radical (unpaired) electrons. The van der Waals surface area contributed by atoms with E-state index in [1.165, 1.54) is 10.7 Å². The van der Waals surface area contributed by atoms with Gasteiger partial charge in [0.2, 0.25) is 5.91 Å². The summed E-state index contributed by atoms with van der Waals surface area (Å²) >= 11 is 0. The van der Waals surface area contributed by atoms with Crippen LogP contribution in [0.15, 0.2) is 41.2 Å². The van der Waals surface area contributed by atoms with E-state index in [1.807, 2.05) is 24.3 Å². The Morgan fingerprint density at radius 2 is 2.00 bits per heavy atom. The highest BCUT2D eigenvalue weighted by molar-refractivity contribution is 5.75. The zero-order chi connectivity index (χ0) is 16.9. The largest absolute Gasteiger partial charge is 0.497 e. The van der Waals surface area contributed by atoms with Crippen molar-refractivity contribution in [1.82, 2.24) is 15.1 Å². The highest BCUT2D eigenvalue weighted by Gasteiger charge is 2.25. The van der Waals surface area contributed by atoms with Crippen LogP contribution in [-0.2, 0) is 17.8 Å². The van der Waals surface area contributed by atoms with Crippen molar-refractivity contribution in [2.24, 2.45) is 0 Å². The lowest BCUT2D eigenvalue weighted by Crippen LogP contribution is -2.34. The standard InChI is InChI=1S/C18H21N3O3/c1-24-15-6-2-13(3-7-15)10-11-19-17(22)12-21-18(23)9-8-16(20-21)14-4-5-14/h2-3,6-9,14H,4-5,10-12H2,1H3,(H,19,22). The summed E-state index contributed by atoms with van der Waals surface area (Å²) in [6.45, 7) is 0.476. The molecule has 1 aliphatic carbocycles. The summed E-state index contributed by atoms with van der Waals surface area (Å²) in [6.07, 6.45) is 2.94. The maximum Gasteiger partial charge on any atom is 0.267 e. The van der Waals surface area contributed by atoms with Crippen LogP contribution in [0.1, 0.15) is 30.0 Å². The molecule has 1 aromatic heterocycles. The summed E-state index contributed by atoms with van der Waals surface area (Å²) < 4.78 is 6.36. The Bertz CT molecular complexity index is 764. The normalized spacial score (nSPS) is 13.5. The van der Waals surface area contributed by atoms with Gasteiger partial charge in [-0.05, 0) is 43.0 Å². The third-order valence-corrected chi connectivity index (χ3v) is 4.07. The molecule has 0 saturated heterocycles. The van der Waals surface area contributed by atoms with Gasteiger partial charge in [0.15, 0.2) is 0 Å². The number of nitrogens with one attached hydrogen (secondary N) is 1. The SMILES string of the molecule is COc1ccc(CCNC(=O)Cn2nc(C3CC3)ccc2=O)cc1. The molecular weight excluding hydrogens is 306 g/mol. The van der Waals surface area contributed by atoms with E-state index in [9.17, 15) is 9.59 Å². The fourth-order valence-corrected chi connectivity index (χ4v) is 2.51. The molecule has 1 heterocycles. The van der Waals surface area contributed by atoms with Crippen LogP contribution in [0.5, 0.6) is 5.75 Å². The average molecular weight is 327 g/mol. The number of hydrogen-bond donors (Lipinski definition) is 1. The van der Waals surface area contributed by atoms with E-state index in [0.29, 0.717) is 12.5 Å². The van der Waals surface area contributed by atoms with Gasteiger partial charge in [0.25, 0.3) is 5.56 Å². The van der Waals surface area contributed by atoms with Gasteiger partial charge in [0.1, 0.15) is 12.3 Å². The van der Waals surface area contributed by atoms with Crippen molar-refractivity contribution in [3.05, 3.63) is 58.0 Å². The summed E-state index contributed by atoms with van der Waals surface area (Å²) in [5, 5.41) is 7.12. The lowest BCUT2D eigenvalue weighted by molar-refractivity contribution is -0.121. The first-order chi connectivity index (χ1) is 11.7. The molecule has 0 aliphatic heterocycles. The maximum absolute atomic E-state index is 12.0. The predicted octanol–water partition coefficient (Wildman–Crippen LogP) is 1.49. The van der Waals surface area contributed by atoms with E-state index in [2.05, 4.69) is 10.4 Å². The Morgan fingerprint density at radius 1 is 1.25 bits per heavy atom. The molecule has 3 rings (SSSR count). The number of rotatable bonds is 7. The van der Waals surface area contributed by atoms with Crippen LogP contribution in [0, 0.1) is 0 Å². The van der Waals surface area contributed by atoms with E-state index >= 15 is 0 Å². The molecule has 6 nitrogen and oxygen atoms in total. The topological polar surface area (TPSA) is 73.2 Å². The summed E-state index contributed by atoms with van der Waals surface area (Å²) in [4.78, 5) is 23.8. The summed E-state index contributed by atoms with van der Waals surface area (Å²) in [6, 6.07) is 11.0. The fourth-order valence-electron chi connectivity index (χ4n) is 2.51. The molecule has 1 N–H and O–H groups in total. The van der Waals surface area contributed by atoms with Crippen molar-refractivity contribution in [1.29, 1.82) is 0 Å². The number of methoxy groups -OCH3 is 1.